The van der Waals surface area contributed by atoms with Gasteiger partial charge in [-0.1, -0.05) is 13.8 Å². The zero-order chi connectivity index (χ0) is 16.8. The lowest BCUT2D eigenvalue weighted by Gasteiger charge is -2.29. The molecule has 1 unspecified atom stereocenters. The van der Waals surface area contributed by atoms with Crippen molar-refractivity contribution in [2.45, 2.75) is 53.6 Å². The van der Waals surface area contributed by atoms with Gasteiger partial charge in [0.25, 0.3) is 5.91 Å². The Bertz CT molecular complexity index is 503. The van der Waals surface area contributed by atoms with Crippen LogP contribution in [0.4, 0.5) is 5.69 Å². The van der Waals surface area contributed by atoms with Crippen molar-refractivity contribution in [1.29, 1.82) is 0 Å². The minimum atomic E-state index is -0.838. The zero-order valence-electron chi connectivity index (χ0n) is 14.5. The molecule has 0 saturated carbocycles. The van der Waals surface area contributed by atoms with Crippen molar-refractivity contribution < 1.29 is 14.3 Å². The number of aryl methyl sites for hydroxylation is 1. The van der Waals surface area contributed by atoms with Gasteiger partial charge in [-0.25, -0.2) is 4.98 Å². The Morgan fingerprint density at radius 2 is 2.05 bits per heavy atom. The van der Waals surface area contributed by atoms with Crippen LogP contribution < -0.4 is 10.1 Å². The van der Waals surface area contributed by atoms with Gasteiger partial charge in [0.2, 0.25) is 5.88 Å². The predicted molar refractivity (Wildman–Crippen MR) is 88.3 cm³/mol. The van der Waals surface area contributed by atoms with E-state index >= 15 is 0 Å². The number of rotatable bonds is 8. The predicted octanol–water partition coefficient (Wildman–Crippen LogP) is 3.57. The Kier molecular flexibility index (Phi) is 6.81. The molecule has 124 valence electrons. The van der Waals surface area contributed by atoms with Crippen LogP contribution >= 0.6 is 0 Å². The van der Waals surface area contributed by atoms with E-state index in [4.69, 9.17) is 9.47 Å². The van der Waals surface area contributed by atoms with Crippen molar-refractivity contribution in [3.05, 3.63) is 17.8 Å². The molecule has 1 atom stereocenters. The summed E-state index contributed by atoms with van der Waals surface area (Å²) in [5, 5.41) is 2.90. The molecule has 0 radical (unpaired) electrons. The molecule has 0 saturated heterocycles. The van der Waals surface area contributed by atoms with Gasteiger partial charge in [-0.2, -0.15) is 0 Å². The van der Waals surface area contributed by atoms with E-state index in [0.29, 0.717) is 37.1 Å². The fourth-order valence-electron chi connectivity index (χ4n) is 2.50. The molecule has 5 heteroatoms. The van der Waals surface area contributed by atoms with Crippen LogP contribution in [0, 0.1) is 12.8 Å². The molecule has 1 heterocycles. The molecule has 0 aliphatic carbocycles. The average molecular weight is 308 g/mol. The van der Waals surface area contributed by atoms with Crippen molar-refractivity contribution in [3.63, 3.8) is 0 Å². The van der Waals surface area contributed by atoms with E-state index in [1.165, 1.54) is 0 Å². The van der Waals surface area contributed by atoms with E-state index in [1.54, 1.807) is 6.20 Å². The van der Waals surface area contributed by atoms with Crippen LogP contribution in [-0.4, -0.2) is 29.7 Å². The van der Waals surface area contributed by atoms with Crippen LogP contribution in [0.2, 0.25) is 0 Å². The second-order valence-electron chi connectivity index (χ2n) is 6.00. The topological polar surface area (TPSA) is 60.5 Å². The molecule has 0 spiro atoms. The van der Waals surface area contributed by atoms with Crippen LogP contribution in [0.25, 0.3) is 0 Å². The van der Waals surface area contributed by atoms with Crippen molar-refractivity contribution in [2.24, 2.45) is 5.92 Å². The summed E-state index contributed by atoms with van der Waals surface area (Å²) in [4.78, 5) is 16.8. The molecule has 0 bridgehead atoms. The highest BCUT2D eigenvalue weighted by Crippen LogP contribution is 2.24. The standard InChI is InChI=1S/C17H28N2O3/c1-7-21-15-13(5)9-14(11-18-15)19-16(20)17(6,22-8-2)10-12(3)4/h9,11-12H,7-8,10H2,1-6H3,(H,19,20). The van der Waals surface area contributed by atoms with Gasteiger partial charge in [-0.3, -0.25) is 4.79 Å². The summed E-state index contributed by atoms with van der Waals surface area (Å²) in [6, 6.07) is 1.86. The first-order chi connectivity index (χ1) is 10.3. The molecule has 22 heavy (non-hydrogen) atoms. The minimum absolute atomic E-state index is 0.145. The number of hydrogen-bond donors (Lipinski definition) is 1. The quantitative estimate of drug-likeness (QED) is 0.797. The first-order valence-electron chi connectivity index (χ1n) is 7.87. The summed E-state index contributed by atoms with van der Waals surface area (Å²) in [7, 11) is 0. The van der Waals surface area contributed by atoms with Gasteiger partial charge >= 0.3 is 0 Å². The normalized spacial score (nSPS) is 13.8. The Morgan fingerprint density at radius 1 is 1.36 bits per heavy atom. The number of carbonyl (C=O) groups is 1. The van der Waals surface area contributed by atoms with E-state index in [1.807, 2.05) is 33.8 Å². The molecule has 1 aromatic rings. The second-order valence-corrected chi connectivity index (χ2v) is 6.00. The summed E-state index contributed by atoms with van der Waals surface area (Å²) in [5.74, 6) is 0.811. The number of amides is 1. The molecule has 1 rings (SSSR count). The van der Waals surface area contributed by atoms with E-state index in [2.05, 4.69) is 24.1 Å². The van der Waals surface area contributed by atoms with Gasteiger partial charge in [0.15, 0.2) is 0 Å². The van der Waals surface area contributed by atoms with Crippen molar-refractivity contribution >= 4 is 11.6 Å². The highest BCUT2D eigenvalue weighted by molar-refractivity contribution is 5.97. The molecule has 0 aliphatic rings. The Balaban J connectivity index is 2.87. The fourth-order valence-corrected chi connectivity index (χ4v) is 2.50. The number of nitrogens with one attached hydrogen (secondary N) is 1. The Morgan fingerprint density at radius 3 is 2.55 bits per heavy atom. The van der Waals surface area contributed by atoms with Gasteiger partial charge in [0.05, 0.1) is 18.5 Å². The van der Waals surface area contributed by atoms with Crippen molar-refractivity contribution in [3.8, 4) is 5.88 Å². The SMILES string of the molecule is CCOc1ncc(NC(=O)C(C)(CC(C)C)OCC)cc1C. The molecule has 5 nitrogen and oxygen atoms in total. The lowest BCUT2D eigenvalue weighted by molar-refractivity contribution is -0.140. The molecule has 0 aromatic carbocycles. The zero-order valence-corrected chi connectivity index (χ0v) is 14.5. The largest absolute Gasteiger partial charge is 0.478 e. The molecular weight excluding hydrogens is 280 g/mol. The maximum atomic E-state index is 12.6. The number of carbonyl (C=O) groups excluding carboxylic acids is 1. The van der Waals surface area contributed by atoms with Gasteiger partial charge in [0.1, 0.15) is 5.60 Å². The van der Waals surface area contributed by atoms with E-state index in [-0.39, 0.29) is 5.91 Å². The number of aromatic nitrogens is 1. The third kappa shape index (κ3) is 4.98. The minimum Gasteiger partial charge on any atom is -0.478 e. The second kappa shape index (κ2) is 8.13. The highest BCUT2D eigenvalue weighted by atomic mass is 16.5. The summed E-state index contributed by atoms with van der Waals surface area (Å²) >= 11 is 0. The van der Waals surface area contributed by atoms with Crippen molar-refractivity contribution in [2.75, 3.05) is 18.5 Å². The number of anilines is 1. The van der Waals surface area contributed by atoms with Gasteiger partial charge < -0.3 is 14.8 Å². The highest BCUT2D eigenvalue weighted by Gasteiger charge is 2.34. The monoisotopic (exact) mass is 308 g/mol. The number of ether oxygens (including phenoxy) is 2. The average Bonchev–Trinajstić information content (AvgIpc) is 2.41. The van der Waals surface area contributed by atoms with E-state index in [9.17, 15) is 4.79 Å². The van der Waals surface area contributed by atoms with Crippen LogP contribution in [0.15, 0.2) is 12.3 Å². The maximum absolute atomic E-state index is 12.6. The summed E-state index contributed by atoms with van der Waals surface area (Å²) in [6.07, 6.45) is 2.27. The van der Waals surface area contributed by atoms with E-state index < -0.39 is 5.60 Å². The third-order valence-corrected chi connectivity index (χ3v) is 3.31. The van der Waals surface area contributed by atoms with Crippen LogP contribution in [0.1, 0.15) is 46.6 Å². The first-order valence-corrected chi connectivity index (χ1v) is 7.87. The van der Waals surface area contributed by atoms with Crippen LogP contribution in [0.3, 0.4) is 0 Å². The summed E-state index contributed by atoms with van der Waals surface area (Å²) < 4.78 is 11.1. The molecule has 1 N–H and O–H groups in total. The molecule has 0 fully saturated rings. The number of pyridine rings is 1. The molecular formula is C17H28N2O3. The summed E-state index contributed by atoms with van der Waals surface area (Å²) in [6.45, 7) is 12.8. The van der Waals surface area contributed by atoms with Crippen molar-refractivity contribution in [1.82, 2.24) is 4.98 Å². The van der Waals surface area contributed by atoms with Gasteiger partial charge in [-0.05, 0) is 46.1 Å². The molecule has 1 amide bonds. The van der Waals surface area contributed by atoms with Crippen LogP contribution in [0.5, 0.6) is 5.88 Å². The molecule has 1 aromatic heterocycles. The summed E-state index contributed by atoms with van der Waals surface area (Å²) in [5.41, 5.74) is 0.706. The number of hydrogen-bond acceptors (Lipinski definition) is 4. The smallest absolute Gasteiger partial charge is 0.256 e. The fraction of sp³-hybridized carbons (Fsp3) is 0.647. The Labute approximate surface area is 133 Å². The lowest BCUT2D eigenvalue weighted by Crippen LogP contribution is -2.44. The van der Waals surface area contributed by atoms with Gasteiger partial charge in [-0.15, -0.1) is 0 Å². The first kappa shape index (κ1) is 18.4. The number of nitrogens with zero attached hydrogens (tertiary/aromatic N) is 1. The Hall–Kier alpha value is -1.62. The van der Waals surface area contributed by atoms with Gasteiger partial charge in [0, 0.05) is 12.2 Å². The maximum Gasteiger partial charge on any atom is 0.256 e. The molecule has 0 aliphatic heterocycles. The third-order valence-electron chi connectivity index (χ3n) is 3.31. The van der Waals surface area contributed by atoms with E-state index in [0.717, 1.165) is 5.56 Å². The lowest BCUT2D eigenvalue weighted by atomic mass is 9.93. The van der Waals surface area contributed by atoms with Crippen LogP contribution in [-0.2, 0) is 9.53 Å².